The van der Waals surface area contributed by atoms with Gasteiger partial charge in [-0.1, -0.05) is 0 Å². The molecule has 0 bridgehead atoms. The zero-order chi connectivity index (χ0) is 25.6. The summed E-state index contributed by atoms with van der Waals surface area (Å²) in [5.74, 6) is -6.88. The number of ketones is 1. The highest BCUT2D eigenvalue weighted by molar-refractivity contribution is 5.93. The van der Waals surface area contributed by atoms with Crippen molar-refractivity contribution in [2.24, 2.45) is 28.9 Å². The van der Waals surface area contributed by atoms with Crippen LogP contribution in [0, 0.1) is 23.2 Å². The normalized spacial score (nSPS) is 30.5. The smallest absolute Gasteiger partial charge is 0.383 e. The fourth-order valence-electron chi connectivity index (χ4n) is 5.38. The number of aliphatic hydroxyl groups excluding tert-OH is 1. The molecule has 2 saturated heterocycles. The van der Waals surface area contributed by atoms with Crippen molar-refractivity contribution in [1.82, 2.24) is 10.2 Å². The van der Waals surface area contributed by atoms with Crippen LogP contribution in [-0.4, -0.2) is 77.9 Å². The second kappa shape index (κ2) is 8.98. The molecular formula is C19H23F6N3O6. The van der Waals surface area contributed by atoms with Crippen LogP contribution >= 0.6 is 0 Å². The minimum atomic E-state index is -5.13. The van der Waals surface area contributed by atoms with Gasteiger partial charge in [-0.05, 0) is 25.2 Å². The molecule has 3 fully saturated rings. The van der Waals surface area contributed by atoms with Crippen molar-refractivity contribution in [2.45, 2.75) is 50.4 Å². The lowest BCUT2D eigenvalue weighted by atomic mass is 9.74. The van der Waals surface area contributed by atoms with Crippen LogP contribution < -0.4 is 11.1 Å². The van der Waals surface area contributed by atoms with Gasteiger partial charge in [-0.25, -0.2) is 0 Å². The molecule has 2 heterocycles. The van der Waals surface area contributed by atoms with Crippen molar-refractivity contribution in [3.05, 3.63) is 0 Å². The molecule has 3 rings (SSSR count). The molecule has 15 heteroatoms. The second-order valence-electron chi connectivity index (χ2n) is 8.91. The molecule has 3 amide bonds. The monoisotopic (exact) mass is 503 g/mol. The SMILES string of the molecule is NC(=O)C1N(C(=O)C(O)CC(F)(F)F)CC2CC21[C@H](C[C@H]1CCNC1=O)C(=O)COC(F)(F)F. The number of alkyl halides is 6. The van der Waals surface area contributed by atoms with E-state index in [1.165, 1.54) is 0 Å². The minimum Gasteiger partial charge on any atom is -0.383 e. The van der Waals surface area contributed by atoms with Gasteiger partial charge in [0, 0.05) is 30.3 Å². The quantitative estimate of drug-likeness (QED) is 0.386. The number of hydrogen-bond acceptors (Lipinski definition) is 6. The van der Waals surface area contributed by atoms with Gasteiger partial charge in [0.2, 0.25) is 11.8 Å². The van der Waals surface area contributed by atoms with E-state index >= 15 is 0 Å². The van der Waals surface area contributed by atoms with Crippen molar-refractivity contribution in [2.75, 3.05) is 19.7 Å². The number of carbonyl (C=O) groups is 4. The van der Waals surface area contributed by atoms with Crippen LogP contribution in [-0.2, 0) is 23.9 Å². The first kappa shape index (κ1) is 26.2. The lowest BCUT2D eigenvalue weighted by molar-refractivity contribution is -0.321. The number of nitrogens with two attached hydrogens (primary N) is 1. The summed E-state index contributed by atoms with van der Waals surface area (Å²) in [6, 6.07) is -1.64. The van der Waals surface area contributed by atoms with Crippen LogP contribution in [0.25, 0.3) is 0 Å². The maximum absolute atomic E-state index is 12.9. The fourth-order valence-corrected chi connectivity index (χ4v) is 5.38. The summed E-state index contributed by atoms with van der Waals surface area (Å²) >= 11 is 0. The van der Waals surface area contributed by atoms with Gasteiger partial charge in [0.15, 0.2) is 5.78 Å². The number of rotatable bonds is 9. The number of hydrogen-bond donors (Lipinski definition) is 3. The number of likely N-dealkylation sites (tertiary alicyclic amines) is 1. The Balaban J connectivity index is 1.89. The summed E-state index contributed by atoms with van der Waals surface area (Å²) in [5.41, 5.74) is 3.97. The van der Waals surface area contributed by atoms with E-state index < -0.39 is 84.4 Å². The molecule has 0 aromatic carbocycles. The highest BCUT2D eigenvalue weighted by Gasteiger charge is 2.73. The van der Waals surface area contributed by atoms with Crippen molar-refractivity contribution in [3.8, 4) is 0 Å². The Morgan fingerprint density at radius 2 is 1.88 bits per heavy atom. The van der Waals surface area contributed by atoms with E-state index in [4.69, 9.17) is 5.73 Å². The Labute approximate surface area is 188 Å². The average molecular weight is 503 g/mol. The zero-order valence-corrected chi connectivity index (χ0v) is 17.6. The third-order valence-corrected chi connectivity index (χ3v) is 6.80. The summed E-state index contributed by atoms with van der Waals surface area (Å²) in [6.45, 7) is -1.46. The second-order valence-corrected chi connectivity index (χ2v) is 8.91. The van der Waals surface area contributed by atoms with Crippen molar-refractivity contribution < 1.29 is 55.4 Å². The predicted molar refractivity (Wildman–Crippen MR) is 98.2 cm³/mol. The Bertz CT molecular complexity index is 864. The molecule has 192 valence electrons. The molecule has 0 aromatic rings. The van der Waals surface area contributed by atoms with E-state index in [9.17, 15) is 50.6 Å². The Morgan fingerprint density at radius 3 is 2.38 bits per heavy atom. The van der Waals surface area contributed by atoms with E-state index in [-0.39, 0.29) is 32.4 Å². The number of Topliss-reactive ketones (excluding diaryl/α,β-unsaturated/α-hetero) is 1. The Morgan fingerprint density at radius 1 is 1.24 bits per heavy atom. The van der Waals surface area contributed by atoms with Crippen molar-refractivity contribution in [1.29, 1.82) is 0 Å². The van der Waals surface area contributed by atoms with E-state index in [1.54, 1.807) is 0 Å². The summed E-state index contributed by atoms with van der Waals surface area (Å²) in [7, 11) is 0. The van der Waals surface area contributed by atoms with Crippen LogP contribution in [0.2, 0.25) is 0 Å². The topological polar surface area (TPSA) is 139 Å². The van der Waals surface area contributed by atoms with Gasteiger partial charge in [0.05, 0.1) is 6.42 Å². The summed E-state index contributed by atoms with van der Waals surface area (Å²) in [4.78, 5) is 50.5. The van der Waals surface area contributed by atoms with E-state index in [0.29, 0.717) is 4.90 Å². The van der Waals surface area contributed by atoms with Gasteiger partial charge in [0.25, 0.3) is 5.91 Å². The van der Waals surface area contributed by atoms with E-state index in [2.05, 4.69) is 10.1 Å². The summed E-state index contributed by atoms with van der Waals surface area (Å²) in [5, 5.41) is 12.3. The van der Waals surface area contributed by atoms with Gasteiger partial charge in [0.1, 0.15) is 18.8 Å². The molecule has 6 atom stereocenters. The highest BCUT2D eigenvalue weighted by atomic mass is 19.4. The van der Waals surface area contributed by atoms with Crippen LogP contribution in [0.1, 0.15) is 25.7 Å². The van der Waals surface area contributed by atoms with Gasteiger partial charge in [-0.15, -0.1) is 13.2 Å². The van der Waals surface area contributed by atoms with Gasteiger partial charge < -0.3 is 21.1 Å². The number of carbonyl (C=O) groups excluding carboxylic acids is 4. The molecule has 9 nitrogen and oxygen atoms in total. The molecule has 34 heavy (non-hydrogen) atoms. The third-order valence-electron chi connectivity index (χ3n) is 6.80. The largest absolute Gasteiger partial charge is 0.522 e. The van der Waals surface area contributed by atoms with Crippen LogP contribution in [0.4, 0.5) is 26.3 Å². The molecule has 0 spiro atoms. The molecule has 4 N–H and O–H groups in total. The fraction of sp³-hybridized carbons (Fsp3) is 0.789. The molecule has 0 radical (unpaired) electrons. The number of halogens is 6. The maximum Gasteiger partial charge on any atom is 0.522 e. The third kappa shape index (κ3) is 5.29. The first-order valence-electron chi connectivity index (χ1n) is 10.4. The summed E-state index contributed by atoms with van der Waals surface area (Å²) in [6.07, 6.45) is -14.3. The van der Waals surface area contributed by atoms with Crippen LogP contribution in [0.15, 0.2) is 0 Å². The first-order valence-corrected chi connectivity index (χ1v) is 10.4. The predicted octanol–water partition coefficient (Wildman–Crippen LogP) is 0.250. The molecule has 1 saturated carbocycles. The zero-order valence-electron chi connectivity index (χ0n) is 17.6. The number of aliphatic hydroxyl groups is 1. The molecule has 2 aliphatic heterocycles. The molecular weight excluding hydrogens is 480 g/mol. The van der Waals surface area contributed by atoms with E-state index in [1.807, 2.05) is 0 Å². The number of amides is 3. The van der Waals surface area contributed by atoms with Crippen molar-refractivity contribution >= 4 is 23.5 Å². The number of nitrogens with one attached hydrogen (secondary N) is 1. The number of ether oxygens (including phenoxy) is 1. The standard InChI is InChI=1S/C19H23F6N3O6/c20-18(21,22)5-11(29)16(33)28-6-9-4-17(9,13(28)14(26)31)10(3-8-1-2-27-15(8)32)12(30)7-34-19(23,24)25/h8-11,13,29H,1-7H2,(H2,26,31)(H,27,32)/t8-,9?,10-,11?,13?,17?/m1/s1. The summed E-state index contributed by atoms with van der Waals surface area (Å²) < 4.78 is 79.2. The van der Waals surface area contributed by atoms with Gasteiger partial charge in [-0.2, -0.15) is 13.2 Å². The Hall–Kier alpha value is -2.42. The van der Waals surface area contributed by atoms with Gasteiger partial charge in [-0.3, -0.25) is 23.9 Å². The Kier molecular flexibility index (Phi) is 6.92. The molecule has 0 aromatic heterocycles. The van der Waals surface area contributed by atoms with Gasteiger partial charge >= 0.3 is 12.5 Å². The first-order chi connectivity index (χ1) is 15.6. The van der Waals surface area contributed by atoms with Crippen molar-refractivity contribution in [3.63, 3.8) is 0 Å². The average Bonchev–Trinajstić information content (AvgIpc) is 3.06. The molecule has 4 unspecified atom stereocenters. The number of primary amides is 1. The van der Waals surface area contributed by atoms with Crippen LogP contribution in [0.5, 0.6) is 0 Å². The van der Waals surface area contributed by atoms with Crippen LogP contribution in [0.3, 0.4) is 0 Å². The highest BCUT2D eigenvalue weighted by Crippen LogP contribution is 2.67. The number of piperidine rings is 1. The molecule has 1 aliphatic carbocycles. The minimum absolute atomic E-state index is 0.0799. The lowest BCUT2D eigenvalue weighted by Gasteiger charge is -2.35. The lowest BCUT2D eigenvalue weighted by Crippen LogP contribution is -2.55. The maximum atomic E-state index is 12.9. The number of nitrogens with zero attached hydrogens (tertiary/aromatic N) is 1. The number of fused-ring (bicyclic) bond motifs is 1. The van der Waals surface area contributed by atoms with E-state index in [0.717, 1.165) is 0 Å². The molecule has 3 aliphatic rings.